The van der Waals surface area contributed by atoms with Gasteiger partial charge in [-0.25, -0.2) is 4.98 Å². The molecule has 1 aromatic heterocycles. The molecule has 0 fully saturated rings. The van der Waals surface area contributed by atoms with Crippen LogP contribution in [-0.2, 0) is 19.4 Å². The van der Waals surface area contributed by atoms with Gasteiger partial charge in [0, 0.05) is 42.5 Å². The number of aromatic hydroxyl groups is 1. The second-order valence-electron chi connectivity index (χ2n) is 9.96. The van der Waals surface area contributed by atoms with Gasteiger partial charge in [-0.15, -0.1) is 0 Å². The van der Waals surface area contributed by atoms with E-state index in [1.807, 2.05) is 35.2 Å². The van der Waals surface area contributed by atoms with Crippen molar-refractivity contribution in [2.75, 3.05) is 18.8 Å². The van der Waals surface area contributed by atoms with Crippen LogP contribution in [0.5, 0.6) is 5.75 Å². The van der Waals surface area contributed by atoms with Crippen molar-refractivity contribution in [3.8, 4) is 5.75 Å². The molecule has 0 aliphatic carbocycles. The number of anilines is 1. The van der Waals surface area contributed by atoms with E-state index in [0.29, 0.717) is 43.0 Å². The number of aryl methyl sites for hydroxylation is 1. The van der Waals surface area contributed by atoms with Crippen LogP contribution in [0.2, 0.25) is 0 Å². The zero-order valence-electron chi connectivity index (χ0n) is 20.4. The van der Waals surface area contributed by atoms with Gasteiger partial charge < -0.3 is 26.2 Å². The molecule has 0 saturated carbocycles. The lowest BCUT2D eigenvalue weighted by atomic mass is 9.93. The van der Waals surface area contributed by atoms with Crippen LogP contribution >= 0.6 is 0 Å². The number of aliphatic hydroxyl groups excluding tert-OH is 1. The van der Waals surface area contributed by atoms with Gasteiger partial charge in [0.25, 0.3) is 5.91 Å². The van der Waals surface area contributed by atoms with E-state index in [0.717, 1.165) is 24.0 Å². The van der Waals surface area contributed by atoms with Gasteiger partial charge in [-0.05, 0) is 80.1 Å². The van der Waals surface area contributed by atoms with Gasteiger partial charge >= 0.3 is 0 Å². The molecule has 7 heteroatoms. The average molecular weight is 475 g/mol. The van der Waals surface area contributed by atoms with E-state index in [-0.39, 0.29) is 17.2 Å². The minimum Gasteiger partial charge on any atom is -0.508 e. The highest BCUT2D eigenvalue weighted by Gasteiger charge is 2.23. The van der Waals surface area contributed by atoms with Gasteiger partial charge in [-0.2, -0.15) is 0 Å². The molecule has 2 aromatic carbocycles. The molecule has 1 atom stereocenters. The number of hydrogen-bond acceptors (Lipinski definition) is 6. The SMILES string of the molecule is CC(C)(Cc1cccc(C(=O)N2CCCc3ccc(O)cc3C2)c1)NC[C@H](O)c1ccc(N)nc1. The summed E-state index contributed by atoms with van der Waals surface area (Å²) in [6, 6.07) is 16.6. The van der Waals surface area contributed by atoms with E-state index in [1.165, 1.54) is 5.56 Å². The molecule has 4 rings (SSSR count). The highest BCUT2D eigenvalue weighted by Crippen LogP contribution is 2.24. The molecule has 0 spiro atoms. The van der Waals surface area contributed by atoms with Crippen molar-refractivity contribution in [2.24, 2.45) is 0 Å². The van der Waals surface area contributed by atoms with E-state index in [4.69, 9.17) is 5.73 Å². The normalized spacial score (nSPS) is 14.8. The monoisotopic (exact) mass is 474 g/mol. The fraction of sp³-hybridized carbons (Fsp3) is 0.357. The van der Waals surface area contributed by atoms with Crippen molar-refractivity contribution >= 4 is 11.7 Å². The number of phenols is 1. The lowest BCUT2D eigenvalue weighted by Gasteiger charge is -2.28. The van der Waals surface area contributed by atoms with Crippen molar-refractivity contribution in [3.05, 3.63) is 88.6 Å². The first-order valence-electron chi connectivity index (χ1n) is 12.0. The Bertz CT molecular complexity index is 1180. The number of carbonyl (C=O) groups is 1. The van der Waals surface area contributed by atoms with Gasteiger partial charge in [0.1, 0.15) is 11.6 Å². The number of rotatable bonds is 7. The van der Waals surface area contributed by atoms with Crippen LogP contribution in [0, 0.1) is 0 Å². The molecule has 0 saturated heterocycles. The molecule has 1 amide bonds. The molecule has 2 heterocycles. The Morgan fingerprint density at radius 3 is 2.77 bits per heavy atom. The van der Waals surface area contributed by atoms with Gasteiger partial charge in [-0.1, -0.05) is 24.3 Å². The summed E-state index contributed by atoms with van der Waals surface area (Å²) in [5.41, 5.74) is 9.94. The van der Waals surface area contributed by atoms with Crippen molar-refractivity contribution < 1.29 is 15.0 Å². The Labute approximate surface area is 206 Å². The van der Waals surface area contributed by atoms with Crippen LogP contribution in [0.1, 0.15) is 59.0 Å². The highest BCUT2D eigenvalue weighted by molar-refractivity contribution is 5.94. The lowest BCUT2D eigenvalue weighted by molar-refractivity contribution is 0.0745. The van der Waals surface area contributed by atoms with Crippen molar-refractivity contribution in [3.63, 3.8) is 0 Å². The van der Waals surface area contributed by atoms with Crippen molar-refractivity contribution in [1.29, 1.82) is 0 Å². The number of pyridine rings is 1. The average Bonchev–Trinajstić information content (AvgIpc) is 3.04. The minimum absolute atomic E-state index is 0.0000750. The summed E-state index contributed by atoms with van der Waals surface area (Å²) >= 11 is 0. The van der Waals surface area contributed by atoms with Crippen LogP contribution in [0.15, 0.2) is 60.8 Å². The van der Waals surface area contributed by atoms with Gasteiger partial charge in [0.2, 0.25) is 0 Å². The number of nitrogens with two attached hydrogens (primary N) is 1. The number of aromatic nitrogens is 1. The maximum Gasteiger partial charge on any atom is 0.254 e. The molecule has 0 radical (unpaired) electrons. The number of β-amino-alcohol motifs (C(OH)–C–C–N with tert-alkyl or cyclic N) is 1. The summed E-state index contributed by atoms with van der Waals surface area (Å²) in [5.74, 6) is 0.652. The fourth-order valence-corrected chi connectivity index (χ4v) is 4.60. The molecule has 1 aliphatic rings. The van der Waals surface area contributed by atoms with Crippen LogP contribution < -0.4 is 11.1 Å². The third-order valence-corrected chi connectivity index (χ3v) is 6.50. The highest BCUT2D eigenvalue weighted by atomic mass is 16.3. The van der Waals surface area contributed by atoms with Gasteiger partial charge in [0.05, 0.1) is 6.10 Å². The smallest absolute Gasteiger partial charge is 0.254 e. The molecule has 184 valence electrons. The number of fused-ring (bicyclic) bond motifs is 1. The first-order valence-corrected chi connectivity index (χ1v) is 12.0. The number of phenolic OH excluding ortho intramolecular Hbond substituents is 1. The summed E-state index contributed by atoms with van der Waals surface area (Å²) in [4.78, 5) is 19.3. The van der Waals surface area contributed by atoms with E-state index in [9.17, 15) is 15.0 Å². The van der Waals surface area contributed by atoms with E-state index >= 15 is 0 Å². The topological polar surface area (TPSA) is 112 Å². The summed E-state index contributed by atoms with van der Waals surface area (Å²) in [6.45, 7) is 5.71. The first kappa shape index (κ1) is 24.7. The Kier molecular flexibility index (Phi) is 7.38. The minimum atomic E-state index is -0.694. The number of carbonyl (C=O) groups excluding carboxylic acids is 1. The largest absolute Gasteiger partial charge is 0.508 e. The standard InChI is InChI=1S/C28H34N4O3/c1-28(2,31-17-25(34)22-9-11-26(29)30-16-22)15-19-5-3-6-21(13-19)27(35)32-12-4-7-20-8-10-24(33)14-23(20)18-32/h3,5-6,8-11,13-14,16,25,31,33-34H,4,7,12,15,17-18H2,1-2H3,(H2,29,30)/t25-/m0/s1. The number of nitrogen functional groups attached to an aromatic ring is 1. The second-order valence-corrected chi connectivity index (χ2v) is 9.96. The van der Waals surface area contributed by atoms with E-state index < -0.39 is 6.10 Å². The molecule has 1 aliphatic heterocycles. The zero-order chi connectivity index (χ0) is 25.0. The number of nitrogens with zero attached hydrogens (tertiary/aromatic N) is 2. The number of amides is 1. The molecule has 3 aromatic rings. The lowest BCUT2D eigenvalue weighted by Crippen LogP contribution is -2.43. The molecular formula is C28H34N4O3. The molecular weight excluding hydrogens is 440 g/mol. The summed E-state index contributed by atoms with van der Waals surface area (Å²) in [7, 11) is 0. The van der Waals surface area contributed by atoms with Crippen LogP contribution in [0.4, 0.5) is 5.82 Å². The number of nitrogens with one attached hydrogen (secondary N) is 1. The maximum absolute atomic E-state index is 13.4. The van der Waals surface area contributed by atoms with Crippen molar-refractivity contribution in [2.45, 2.75) is 51.3 Å². The van der Waals surface area contributed by atoms with Crippen molar-refractivity contribution in [1.82, 2.24) is 15.2 Å². The Balaban J connectivity index is 1.40. The summed E-state index contributed by atoms with van der Waals surface area (Å²) in [6.07, 6.45) is 3.38. The first-order chi connectivity index (χ1) is 16.7. The predicted molar refractivity (Wildman–Crippen MR) is 137 cm³/mol. The van der Waals surface area contributed by atoms with Crippen LogP contribution in [0.3, 0.4) is 0 Å². The third kappa shape index (κ3) is 6.38. The predicted octanol–water partition coefficient (Wildman–Crippen LogP) is 3.60. The maximum atomic E-state index is 13.4. The second kappa shape index (κ2) is 10.5. The zero-order valence-corrected chi connectivity index (χ0v) is 20.4. The Hall–Kier alpha value is -3.42. The Morgan fingerprint density at radius 1 is 1.17 bits per heavy atom. The number of benzene rings is 2. The third-order valence-electron chi connectivity index (χ3n) is 6.50. The van der Waals surface area contributed by atoms with Gasteiger partial charge in [-0.3, -0.25) is 4.79 Å². The fourth-order valence-electron chi connectivity index (χ4n) is 4.60. The molecule has 0 bridgehead atoms. The van der Waals surface area contributed by atoms with E-state index in [2.05, 4.69) is 24.1 Å². The van der Waals surface area contributed by atoms with Gasteiger partial charge in [0.15, 0.2) is 0 Å². The quantitative estimate of drug-likeness (QED) is 0.416. The van der Waals surface area contributed by atoms with Crippen LogP contribution in [0.25, 0.3) is 0 Å². The summed E-state index contributed by atoms with van der Waals surface area (Å²) in [5, 5.41) is 23.8. The number of aliphatic hydroxyl groups is 1. The van der Waals surface area contributed by atoms with E-state index in [1.54, 1.807) is 30.5 Å². The molecule has 7 nitrogen and oxygen atoms in total. The summed E-state index contributed by atoms with van der Waals surface area (Å²) < 4.78 is 0. The number of hydrogen-bond donors (Lipinski definition) is 4. The van der Waals surface area contributed by atoms with Crippen LogP contribution in [-0.4, -0.2) is 44.6 Å². The molecule has 0 unspecified atom stereocenters. The molecule has 35 heavy (non-hydrogen) atoms. The molecule has 5 N–H and O–H groups in total. The Morgan fingerprint density at radius 2 is 2.00 bits per heavy atom.